The van der Waals surface area contributed by atoms with Crippen LogP contribution in [-0.2, 0) is 14.3 Å². The molecule has 0 aliphatic heterocycles. The first kappa shape index (κ1) is 12.1. The fourth-order valence-corrected chi connectivity index (χ4v) is 1.55. The molecule has 0 radical (unpaired) electrons. The molecule has 0 spiro atoms. The van der Waals surface area contributed by atoms with Crippen molar-refractivity contribution in [2.24, 2.45) is 5.16 Å². The molecule has 16 heavy (non-hydrogen) atoms. The maximum Gasteiger partial charge on any atom is 0.362 e. The number of nitrogens with one attached hydrogen (secondary N) is 1. The molecule has 86 valence electrons. The summed E-state index contributed by atoms with van der Waals surface area (Å²) in [6, 6.07) is 0. The van der Waals surface area contributed by atoms with Crippen molar-refractivity contribution in [1.82, 2.24) is 4.98 Å². The second kappa shape index (κ2) is 5.81. The van der Waals surface area contributed by atoms with Gasteiger partial charge in [0.1, 0.15) is 5.69 Å². The maximum absolute atomic E-state index is 11.3. The normalized spacial score (nSPS) is 10.9. The van der Waals surface area contributed by atoms with Crippen molar-refractivity contribution in [3.8, 4) is 0 Å². The molecular weight excluding hydrogens is 234 g/mol. The van der Waals surface area contributed by atoms with Crippen LogP contribution in [0.3, 0.4) is 0 Å². The van der Waals surface area contributed by atoms with Gasteiger partial charge in [0.25, 0.3) is 0 Å². The third kappa shape index (κ3) is 2.76. The maximum atomic E-state index is 11.3. The average Bonchev–Trinajstić information content (AvgIpc) is 2.68. The fourth-order valence-electron chi connectivity index (χ4n) is 0.895. The van der Waals surface area contributed by atoms with E-state index in [4.69, 9.17) is 5.21 Å². The Morgan fingerprint density at radius 3 is 3.12 bits per heavy atom. The lowest BCUT2D eigenvalue weighted by atomic mass is 10.3. The number of aromatic nitrogens is 1. The van der Waals surface area contributed by atoms with Gasteiger partial charge in [-0.15, -0.1) is 11.3 Å². The van der Waals surface area contributed by atoms with Crippen molar-refractivity contribution in [1.29, 1.82) is 0 Å². The predicted octanol–water partition coefficient (Wildman–Crippen LogP) is 0.453. The summed E-state index contributed by atoms with van der Waals surface area (Å²) in [6.45, 7) is 1.80. The smallest absolute Gasteiger partial charge is 0.362 e. The molecule has 0 aromatic carbocycles. The van der Waals surface area contributed by atoms with Crippen LogP contribution in [0.1, 0.15) is 12.6 Å². The van der Waals surface area contributed by atoms with Crippen molar-refractivity contribution in [3.05, 3.63) is 11.1 Å². The van der Waals surface area contributed by atoms with Gasteiger partial charge in [0, 0.05) is 5.38 Å². The van der Waals surface area contributed by atoms with E-state index < -0.39 is 5.97 Å². The summed E-state index contributed by atoms with van der Waals surface area (Å²) in [6.07, 6.45) is 0.461. The van der Waals surface area contributed by atoms with E-state index in [1.165, 1.54) is 5.38 Å². The van der Waals surface area contributed by atoms with Gasteiger partial charge in [-0.2, -0.15) is 0 Å². The largest absolute Gasteiger partial charge is 0.461 e. The highest BCUT2D eigenvalue weighted by Gasteiger charge is 2.19. The molecule has 0 saturated carbocycles. The Kier molecular flexibility index (Phi) is 4.40. The van der Waals surface area contributed by atoms with E-state index in [0.29, 0.717) is 11.5 Å². The molecule has 1 heterocycles. The van der Waals surface area contributed by atoms with E-state index in [1.807, 2.05) is 0 Å². The van der Waals surface area contributed by atoms with E-state index in [9.17, 15) is 9.59 Å². The minimum atomic E-state index is -0.770. The molecule has 1 rings (SSSR count). The number of amides is 1. The van der Waals surface area contributed by atoms with Crippen LogP contribution in [-0.4, -0.2) is 34.9 Å². The van der Waals surface area contributed by atoms with Crippen molar-refractivity contribution in [2.45, 2.75) is 6.92 Å². The number of thiazole rings is 1. The zero-order valence-electron chi connectivity index (χ0n) is 8.34. The van der Waals surface area contributed by atoms with Crippen LogP contribution in [0.5, 0.6) is 0 Å². The third-order valence-electron chi connectivity index (χ3n) is 1.50. The molecule has 1 aromatic rings. The van der Waals surface area contributed by atoms with Gasteiger partial charge in [-0.3, -0.25) is 4.79 Å². The Balaban J connectivity index is 2.87. The van der Waals surface area contributed by atoms with E-state index in [2.05, 4.69) is 20.2 Å². The fraction of sp³-hybridized carbons (Fsp3) is 0.250. The summed E-state index contributed by atoms with van der Waals surface area (Å²) in [5, 5.41) is 15.6. The Morgan fingerprint density at radius 2 is 2.56 bits per heavy atom. The summed E-state index contributed by atoms with van der Waals surface area (Å²) in [5.74, 6) is -0.770. The van der Waals surface area contributed by atoms with E-state index in [-0.39, 0.29) is 18.0 Å². The Labute approximate surface area is 94.7 Å². The number of rotatable bonds is 5. The van der Waals surface area contributed by atoms with Crippen LogP contribution in [0, 0.1) is 0 Å². The van der Waals surface area contributed by atoms with Gasteiger partial charge in [-0.25, -0.2) is 9.78 Å². The number of hydrogen-bond acceptors (Lipinski definition) is 7. The van der Waals surface area contributed by atoms with Gasteiger partial charge >= 0.3 is 5.97 Å². The number of oxime groups is 1. The van der Waals surface area contributed by atoms with Crippen molar-refractivity contribution in [2.75, 3.05) is 11.9 Å². The number of nitrogens with zero attached hydrogens (tertiary/aromatic N) is 2. The van der Waals surface area contributed by atoms with Gasteiger partial charge < -0.3 is 15.3 Å². The molecule has 0 bridgehead atoms. The SMILES string of the molecule is CCOC(=O)C(=NO)c1csc(NC=O)n1. The van der Waals surface area contributed by atoms with Crippen molar-refractivity contribution < 1.29 is 19.5 Å². The molecular formula is C8H9N3O4S. The number of carbonyl (C=O) groups is 2. The van der Waals surface area contributed by atoms with Crippen LogP contribution < -0.4 is 5.32 Å². The zero-order valence-corrected chi connectivity index (χ0v) is 9.15. The molecule has 1 amide bonds. The molecule has 1 aromatic heterocycles. The summed E-state index contributed by atoms with van der Waals surface area (Å²) in [7, 11) is 0. The highest BCUT2D eigenvalue weighted by Crippen LogP contribution is 2.15. The van der Waals surface area contributed by atoms with Gasteiger partial charge in [0.15, 0.2) is 5.13 Å². The quantitative estimate of drug-likeness (QED) is 0.257. The van der Waals surface area contributed by atoms with Crippen molar-refractivity contribution >= 4 is 34.6 Å². The van der Waals surface area contributed by atoms with E-state index >= 15 is 0 Å². The van der Waals surface area contributed by atoms with Crippen LogP contribution >= 0.6 is 11.3 Å². The summed E-state index contributed by atoms with van der Waals surface area (Å²) in [5.41, 5.74) is -0.146. The second-order valence-corrected chi connectivity index (χ2v) is 3.33. The first-order chi connectivity index (χ1) is 7.72. The first-order valence-corrected chi connectivity index (χ1v) is 5.16. The second-order valence-electron chi connectivity index (χ2n) is 2.47. The monoisotopic (exact) mass is 243 g/mol. The molecule has 8 heteroatoms. The van der Waals surface area contributed by atoms with Crippen LogP contribution in [0.2, 0.25) is 0 Å². The molecule has 0 unspecified atom stereocenters. The van der Waals surface area contributed by atoms with Gasteiger partial charge in [-0.05, 0) is 6.92 Å². The Bertz CT molecular complexity index is 415. The summed E-state index contributed by atoms with van der Waals surface area (Å²) < 4.78 is 4.66. The highest BCUT2D eigenvalue weighted by molar-refractivity contribution is 7.14. The minimum absolute atomic E-state index is 0.148. The first-order valence-electron chi connectivity index (χ1n) is 4.28. The lowest BCUT2D eigenvalue weighted by Crippen LogP contribution is -2.19. The molecule has 0 saturated heterocycles. The zero-order chi connectivity index (χ0) is 12.0. The molecule has 0 aliphatic rings. The van der Waals surface area contributed by atoms with Gasteiger partial charge in [-0.1, -0.05) is 5.16 Å². The van der Waals surface area contributed by atoms with E-state index in [0.717, 1.165) is 11.3 Å². The molecule has 0 atom stereocenters. The summed E-state index contributed by atoms with van der Waals surface area (Å²) in [4.78, 5) is 25.3. The predicted molar refractivity (Wildman–Crippen MR) is 56.8 cm³/mol. The standard InChI is InChI=1S/C8H9N3O4S/c1-2-15-7(13)6(11-14)5-3-16-8(10-5)9-4-12/h3-4,14H,2H2,1H3,(H,9,10,12). The molecule has 2 N–H and O–H groups in total. The third-order valence-corrected chi connectivity index (χ3v) is 2.27. The average molecular weight is 243 g/mol. The number of anilines is 1. The minimum Gasteiger partial charge on any atom is -0.461 e. The van der Waals surface area contributed by atoms with Crippen molar-refractivity contribution in [3.63, 3.8) is 0 Å². The summed E-state index contributed by atoms with van der Waals surface area (Å²) >= 11 is 1.10. The lowest BCUT2D eigenvalue weighted by Gasteiger charge is -2.00. The number of hydrogen-bond donors (Lipinski definition) is 2. The molecule has 0 aliphatic carbocycles. The topological polar surface area (TPSA) is 101 Å². The Hall–Kier alpha value is -1.96. The van der Waals surface area contributed by atoms with Gasteiger partial charge in [0.2, 0.25) is 12.1 Å². The van der Waals surface area contributed by atoms with Crippen LogP contribution in [0.15, 0.2) is 10.5 Å². The van der Waals surface area contributed by atoms with Crippen LogP contribution in [0.4, 0.5) is 5.13 Å². The lowest BCUT2D eigenvalue weighted by molar-refractivity contribution is -0.135. The van der Waals surface area contributed by atoms with Crippen LogP contribution in [0.25, 0.3) is 0 Å². The number of carbonyl (C=O) groups excluding carboxylic acids is 2. The Morgan fingerprint density at radius 1 is 1.81 bits per heavy atom. The molecule has 7 nitrogen and oxygen atoms in total. The van der Waals surface area contributed by atoms with E-state index in [1.54, 1.807) is 6.92 Å². The van der Waals surface area contributed by atoms with Gasteiger partial charge in [0.05, 0.1) is 6.61 Å². The number of ether oxygens (including phenoxy) is 1. The highest BCUT2D eigenvalue weighted by atomic mass is 32.1. The number of esters is 1. The molecule has 0 fully saturated rings.